The van der Waals surface area contributed by atoms with Gasteiger partial charge in [0.2, 0.25) is 0 Å². The number of imidazole rings is 1. The van der Waals surface area contributed by atoms with Gasteiger partial charge in [-0.3, -0.25) is 0 Å². The lowest BCUT2D eigenvalue weighted by Gasteiger charge is -2.20. The summed E-state index contributed by atoms with van der Waals surface area (Å²) in [6, 6.07) is 3.59. The molecule has 3 rings (SSSR count). The second kappa shape index (κ2) is 7.60. The summed E-state index contributed by atoms with van der Waals surface area (Å²) in [5.41, 5.74) is 2.13. The van der Waals surface area contributed by atoms with Crippen LogP contribution >= 0.6 is 23.2 Å². The first-order valence-electron chi connectivity index (χ1n) is 8.02. The molecule has 2 heterocycles. The van der Waals surface area contributed by atoms with Crippen molar-refractivity contribution in [1.29, 1.82) is 0 Å². The summed E-state index contributed by atoms with van der Waals surface area (Å²) < 4.78 is 7.95. The van der Waals surface area contributed by atoms with Crippen LogP contribution in [0, 0.1) is 12.8 Å². The molecule has 0 saturated heterocycles. The molecule has 1 aromatic carbocycles. The van der Waals surface area contributed by atoms with Crippen molar-refractivity contribution in [3.8, 4) is 5.75 Å². The molecule has 128 valence electrons. The molecular weight excluding hydrogens is 345 g/mol. The van der Waals surface area contributed by atoms with Crippen molar-refractivity contribution in [2.45, 2.75) is 20.4 Å². The van der Waals surface area contributed by atoms with Crippen LogP contribution in [-0.4, -0.2) is 29.2 Å². The van der Waals surface area contributed by atoms with E-state index in [-0.39, 0.29) is 0 Å². The normalized spacial score (nSPS) is 14.8. The fraction of sp³-hybridized carbons (Fsp3) is 0.389. The first-order chi connectivity index (χ1) is 11.5. The minimum atomic E-state index is 0.513. The molecule has 1 aliphatic rings. The summed E-state index contributed by atoms with van der Waals surface area (Å²) in [6.07, 6.45) is 5.97. The van der Waals surface area contributed by atoms with E-state index in [9.17, 15) is 0 Å². The molecule has 1 atom stereocenters. The molecule has 4 nitrogen and oxygen atoms in total. The largest absolute Gasteiger partial charge is 0.487 e. The third-order valence-corrected chi connectivity index (χ3v) is 4.57. The zero-order valence-electron chi connectivity index (χ0n) is 13.9. The molecule has 1 N–H and O–H groups in total. The summed E-state index contributed by atoms with van der Waals surface area (Å²) in [5.74, 6) is 2.28. The number of aryl methyl sites for hydroxylation is 1. The summed E-state index contributed by atoms with van der Waals surface area (Å²) in [6.45, 7) is 7.48. The van der Waals surface area contributed by atoms with E-state index < -0.39 is 0 Å². The van der Waals surface area contributed by atoms with Gasteiger partial charge in [0.1, 0.15) is 18.2 Å². The van der Waals surface area contributed by atoms with E-state index in [0.717, 1.165) is 31.0 Å². The molecule has 0 saturated carbocycles. The van der Waals surface area contributed by atoms with Crippen LogP contribution in [0.2, 0.25) is 10.0 Å². The van der Waals surface area contributed by atoms with E-state index in [1.165, 1.54) is 5.57 Å². The molecule has 0 bridgehead atoms. The molecular formula is C18H21Cl2N3O. The van der Waals surface area contributed by atoms with E-state index in [1.807, 2.05) is 25.4 Å². The van der Waals surface area contributed by atoms with Gasteiger partial charge in [-0.15, -0.1) is 0 Å². The van der Waals surface area contributed by atoms with Gasteiger partial charge in [-0.2, -0.15) is 0 Å². The second-order valence-electron chi connectivity index (χ2n) is 6.26. The van der Waals surface area contributed by atoms with Crippen molar-refractivity contribution < 1.29 is 4.74 Å². The lowest BCUT2D eigenvalue weighted by molar-refractivity contribution is 0.341. The third-order valence-electron chi connectivity index (χ3n) is 4.08. The van der Waals surface area contributed by atoms with Crippen LogP contribution in [0.1, 0.15) is 18.3 Å². The Morgan fingerprint density at radius 1 is 1.38 bits per heavy atom. The lowest BCUT2D eigenvalue weighted by atomic mass is 10.1. The molecule has 0 fully saturated rings. The van der Waals surface area contributed by atoms with Crippen LogP contribution in [0.5, 0.6) is 5.75 Å². The van der Waals surface area contributed by atoms with Crippen LogP contribution < -0.4 is 10.1 Å². The summed E-state index contributed by atoms with van der Waals surface area (Å²) in [5, 5.41) is 4.68. The van der Waals surface area contributed by atoms with Crippen molar-refractivity contribution in [2.75, 3.05) is 19.7 Å². The Morgan fingerprint density at radius 2 is 2.21 bits per heavy atom. The van der Waals surface area contributed by atoms with Gasteiger partial charge in [-0.05, 0) is 43.2 Å². The molecule has 0 amide bonds. The Bertz CT molecular complexity index is 755. The number of hydrogen-bond donors (Lipinski definition) is 1. The molecule has 2 aromatic rings. The Kier molecular flexibility index (Phi) is 5.49. The first kappa shape index (κ1) is 17.3. The SMILES string of the molecule is Cc1nccn1CC(C)CNCC1=Cc2cc(Cl)cc(Cl)c2OC1. The van der Waals surface area contributed by atoms with Gasteiger partial charge in [-0.25, -0.2) is 4.98 Å². The van der Waals surface area contributed by atoms with Crippen molar-refractivity contribution in [1.82, 2.24) is 14.9 Å². The number of hydrogen-bond acceptors (Lipinski definition) is 3. The predicted molar refractivity (Wildman–Crippen MR) is 98.9 cm³/mol. The molecule has 6 heteroatoms. The number of aromatic nitrogens is 2. The third kappa shape index (κ3) is 4.12. The number of benzene rings is 1. The molecule has 0 spiro atoms. The highest BCUT2D eigenvalue weighted by Crippen LogP contribution is 2.36. The maximum Gasteiger partial charge on any atom is 0.145 e. The monoisotopic (exact) mass is 365 g/mol. The highest BCUT2D eigenvalue weighted by molar-refractivity contribution is 6.36. The molecule has 1 aromatic heterocycles. The quantitative estimate of drug-likeness (QED) is 0.833. The molecule has 24 heavy (non-hydrogen) atoms. The number of nitrogens with zero attached hydrogens (tertiary/aromatic N) is 2. The van der Waals surface area contributed by atoms with Crippen molar-refractivity contribution in [2.24, 2.45) is 5.92 Å². The number of ether oxygens (including phenoxy) is 1. The second-order valence-corrected chi connectivity index (χ2v) is 7.10. The van der Waals surface area contributed by atoms with Gasteiger partial charge < -0.3 is 14.6 Å². The highest BCUT2D eigenvalue weighted by Gasteiger charge is 2.15. The standard InChI is InChI=1S/C18H21Cl2N3O/c1-12(10-23-4-3-22-13(23)2)8-21-9-14-5-15-6-16(19)7-17(20)18(15)24-11-14/h3-7,12,21H,8-11H2,1-2H3. The van der Waals surface area contributed by atoms with Crippen molar-refractivity contribution in [3.05, 3.63) is 51.5 Å². The predicted octanol–water partition coefficient (Wildman–Crippen LogP) is 4.20. The molecule has 1 unspecified atom stereocenters. The smallest absolute Gasteiger partial charge is 0.145 e. The zero-order valence-corrected chi connectivity index (χ0v) is 15.4. The van der Waals surface area contributed by atoms with Gasteiger partial charge in [0.05, 0.1) is 5.02 Å². The summed E-state index contributed by atoms with van der Waals surface area (Å²) in [7, 11) is 0. The fourth-order valence-electron chi connectivity index (χ4n) is 2.84. The highest BCUT2D eigenvalue weighted by atomic mass is 35.5. The maximum atomic E-state index is 6.16. The van der Waals surface area contributed by atoms with Crippen LogP contribution in [0.15, 0.2) is 30.1 Å². The Balaban J connectivity index is 1.53. The van der Waals surface area contributed by atoms with E-state index in [0.29, 0.717) is 28.3 Å². The van der Waals surface area contributed by atoms with Gasteiger partial charge in [0.25, 0.3) is 0 Å². The fourth-order valence-corrected chi connectivity index (χ4v) is 3.41. The van der Waals surface area contributed by atoms with Gasteiger partial charge in [0.15, 0.2) is 0 Å². The minimum Gasteiger partial charge on any atom is -0.487 e. The van der Waals surface area contributed by atoms with Crippen molar-refractivity contribution >= 4 is 29.3 Å². The summed E-state index contributed by atoms with van der Waals surface area (Å²) in [4.78, 5) is 4.25. The van der Waals surface area contributed by atoms with Gasteiger partial charge >= 0.3 is 0 Å². The number of rotatable bonds is 6. The van der Waals surface area contributed by atoms with Gasteiger partial charge in [0, 0.05) is 36.1 Å². The Morgan fingerprint density at radius 3 is 2.96 bits per heavy atom. The topological polar surface area (TPSA) is 39.1 Å². The zero-order chi connectivity index (χ0) is 17.1. The van der Waals surface area contributed by atoms with E-state index in [2.05, 4.69) is 27.9 Å². The lowest BCUT2D eigenvalue weighted by Crippen LogP contribution is -2.28. The molecule has 1 aliphatic heterocycles. The van der Waals surface area contributed by atoms with E-state index >= 15 is 0 Å². The first-order valence-corrected chi connectivity index (χ1v) is 8.78. The Hall–Kier alpha value is -1.49. The van der Waals surface area contributed by atoms with Gasteiger partial charge in [-0.1, -0.05) is 30.1 Å². The van der Waals surface area contributed by atoms with Crippen LogP contribution in [0.25, 0.3) is 6.08 Å². The van der Waals surface area contributed by atoms with Crippen molar-refractivity contribution in [3.63, 3.8) is 0 Å². The van der Waals surface area contributed by atoms with Crippen LogP contribution in [-0.2, 0) is 6.54 Å². The molecule has 0 aliphatic carbocycles. The average Bonchev–Trinajstić information content (AvgIpc) is 2.92. The van der Waals surface area contributed by atoms with E-state index in [1.54, 1.807) is 6.07 Å². The van der Waals surface area contributed by atoms with Crippen LogP contribution in [0.4, 0.5) is 0 Å². The minimum absolute atomic E-state index is 0.513. The number of fused-ring (bicyclic) bond motifs is 1. The average molecular weight is 366 g/mol. The van der Waals surface area contributed by atoms with Crippen LogP contribution in [0.3, 0.4) is 0 Å². The number of halogens is 2. The Labute approximate surface area is 152 Å². The molecule has 0 radical (unpaired) electrons. The maximum absolute atomic E-state index is 6.16. The summed E-state index contributed by atoms with van der Waals surface area (Å²) >= 11 is 12.2. The number of nitrogens with one attached hydrogen (secondary N) is 1. The van der Waals surface area contributed by atoms with E-state index in [4.69, 9.17) is 27.9 Å².